The zero-order valence-corrected chi connectivity index (χ0v) is 18.7. The van der Waals surface area contributed by atoms with E-state index in [0.717, 1.165) is 35.1 Å². The maximum Gasteiger partial charge on any atom is 0.226 e. The largest absolute Gasteiger partial charge is 0.484 e. The second-order valence-electron chi connectivity index (χ2n) is 7.16. The van der Waals surface area contributed by atoms with Crippen molar-refractivity contribution < 1.29 is 9.15 Å². The van der Waals surface area contributed by atoms with Gasteiger partial charge >= 0.3 is 0 Å². The van der Waals surface area contributed by atoms with E-state index in [9.17, 15) is 0 Å². The predicted molar refractivity (Wildman–Crippen MR) is 121 cm³/mol. The molecule has 0 aliphatic heterocycles. The van der Waals surface area contributed by atoms with Crippen molar-refractivity contribution in [1.82, 2.24) is 19.7 Å². The third-order valence-corrected chi connectivity index (χ3v) is 6.37. The average molecular weight is 473 g/mol. The molecule has 1 aliphatic rings. The van der Waals surface area contributed by atoms with Crippen molar-refractivity contribution in [2.45, 2.75) is 36.4 Å². The maximum absolute atomic E-state index is 6.19. The van der Waals surface area contributed by atoms with Gasteiger partial charge in [0, 0.05) is 22.4 Å². The van der Waals surface area contributed by atoms with Crippen LogP contribution in [0.2, 0.25) is 10.0 Å². The third-order valence-electron chi connectivity index (χ3n) is 4.83. The van der Waals surface area contributed by atoms with Crippen LogP contribution < -0.4 is 4.74 Å². The van der Waals surface area contributed by atoms with Gasteiger partial charge in [0.25, 0.3) is 0 Å². The van der Waals surface area contributed by atoms with Crippen LogP contribution in [0.15, 0.2) is 64.4 Å². The number of aromatic nitrogens is 4. The second kappa shape index (κ2) is 8.94. The van der Waals surface area contributed by atoms with Gasteiger partial charge in [0.2, 0.25) is 5.89 Å². The highest BCUT2D eigenvalue weighted by molar-refractivity contribution is 7.98. The maximum atomic E-state index is 6.19. The molecule has 1 fully saturated rings. The van der Waals surface area contributed by atoms with E-state index in [1.807, 2.05) is 42.5 Å². The molecule has 5 rings (SSSR count). The monoisotopic (exact) mass is 472 g/mol. The Bertz CT molecular complexity index is 1190. The molecule has 158 valence electrons. The summed E-state index contributed by atoms with van der Waals surface area (Å²) in [4.78, 5) is 4.58. The molecule has 2 aromatic carbocycles. The molecular weight excluding hydrogens is 455 g/mol. The summed E-state index contributed by atoms with van der Waals surface area (Å²) in [5.41, 5.74) is 1.73. The van der Waals surface area contributed by atoms with Gasteiger partial charge in [0.15, 0.2) is 11.0 Å². The van der Waals surface area contributed by atoms with Gasteiger partial charge in [-0.15, -0.1) is 10.2 Å². The molecule has 0 spiro atoms. The van der Waals surface area contributed by atoms with Crippen LogP contribution in [-0.4, -0.2) is 19.7 Å². The van der Waals surface area contributed by atoms with Gasteiger partial charge in [-0.2, -0.15) is 0 Å². The summed E-state index contributed by atoms with van der Waals surface area (Å²) < 4.78 is 13.7. The fourth-order valence-electron chi connectivity index (χ4n) is 3.14. The van der Waals surface area contributed by atoms with Crippen LogP contribution in [0.5, 0.6) is 5.75 Å². The zero-order valence-electron chi connectivity index (χ0n) is 16.4. The Morgan fingerprint density at radius 2 is 1.87 bits per heavy atom. The van der Waals surface area contributed by atoms with E-state index in [0.29, 0.717) is 40.1 Å². The van der Waals surface area contributed by atoms with E-state index in [2.05, 4.69) is 19.7 Å². The number of halogens is 2. The summed E-state index contributed by atoms with van der Waals surface area (Å²) in [6.07, 6.45) is 3.92. The number of para-hydroxylation sites is 1. The van der Waals surface area contributed by atoms with Gasteiger partial charge < -0.3 is 9.15 Å². The number of rotatable bonds is 8. The summed E-state index contributed by atoms with van der Waals surface area (Å²) in [6.45, 7) is 0.318. The molecule has 0 radical (unpaired) electrons. The number of ether oxygens (including phenoxy) is 1. The van der Waals surface area contributed by atoms with E-state index in [4.69, 9.17) is 32.4 Å². The van der Waals surface area contributed by atoms with Gasteiger partial charge in [0.1, 0.15) is 18.6 Å². The van der Waals surface area contributed by atoms with Crippen LogP contribution in [-0.2, 0) is 12.4 Å². The van der Waals surface area contributed by atoms with Gasteiger partial charge in [-0.1, -0.05) is 47.1 Å². The molecule has 0 saturated heterocycles. The molecule has 0 N–H and O–H groups in total. The normalized spacial score (nSPS) is 13.5. The second-order valence-corrected chi connectivity index (χ2v) is 8.94. The third kappa shape index (κ3) is 4.74. The summed E-state index contributed by atoms with van der Waals surface area (Å²) in [5, 5.41) is 10.9. The Balaban J connectivity index is 1.27. The SMILES string of the molecule is Clc1ccc(-c2nc(CSc3nnc(COc4ccccc4Cl)n3C3CC3)co2)cc1. The molecule has 0 bridgehead atoms. The first-order valence-corrected chi connectivity index (χ1v) is 11.6. The van der Waals surface area contributed by atoms with Crippen LogP contribution in [0.1, 0.15) is 30.4 Å². The van der Waals surface area contributed by atoms with E-state index in [-0.39, 0.29) is 0 Å². The summed E-state index contributed by atoms with van der Waals surface area (Å²) in [6, 6.07) is 15.3. The minimum atomic E-state index is 0.318. The van der Waals surface area contributed by atoms with Crippen molar-refractivity contribution in [3.8, 4) is 17.2 Å². The number of thioether (sulfide) groups is 1. The first-order chi connectivity index (χ1) is 15.2. The summed E-state index contributed by atoms with van der Waals surface area (Å²) in [7, 11) is 0. The average Bonchev–Trinajstić information content (AvgIpc) is 3.36. The molecular formula is C22H18Cl2N4O2S. The predicted octanol–water partition coefficient (Wildman–Crippen LogP) is 6.45. The molecule has 1 saturated carbocycles. The number of nitrogens with zero attached hydrogens (tertiary/aromatic N) is 4. The topological polar surface area (TPSA) is 66.0 Å². The minimum absolute atomic E-state index is 0.318. The highest BCUT2D eigenvalue weighted by atomic mass is 35.5. The van der Waals surface area contributed by atoms with Crippen molar-refractivity contribution in [3.05, 3.63) is 76.4 Å². The van der Waals surface area contributed by atoms with Gasteiger partial charge in [-0.3, -0.25) is 4.57 Å². The van der Waals surface area contributed by atoms with Crippen molar-refractivity contribution in [1.29, 1.82) is 0 Å². The van der Waals surface area contributed by atoms with Gasteiger partial charge in [0.05, 0.1) is 10.7 Å². The summed E-state index contributed by atoms with van der Waals surface area (Å²) >= 11 is 13.7. The van der Waals surface area contributed by atoms with Crippen LogP contribution in [0.25, 0.3) is 11.5 Å². The molecule has 4 aromatic rings. The number of hydrogen-bond acceptors (Lipinski definition) is 6. The standard InChI is InChI=1S/C22H18Cl2N4O2S/c23-15-7-5-14(6-8-15)21-25-16(11-30-21)13-31-22-27-26-20(28(22)17-9-10-17)12-29-19-4-2-1-3-18(19)24/h1-8,11,17H,9-10,12-13H2. The van der Waals surface area contributed by atoms with Crippen LogP contribution in [0, 0.1) is 0 Å². The molecule has 9 heteroatoms. The number of oxazole rings is 1. The minimum Gasteiger partial charge on any atom is -0.484 e. The molecule has 2 aromatic heterocycles. The van der Waals surface area contributed by atoms with E-state index < -0.39 is 0 Å². The lowest BCUT2D eigenvalue weighted by Crippen LogP contribution is -2.07. The quantitative estimate of drug-likeness (QED) is 0.274. The number of benzene rings is 2. The Labute approximate surface area is 193 Å². The van der Waals surface area contributed by atoms with E-state index in [1.165, 1.54) is 0 Å². The molecule has 0 unspecified atom stereocenters. The van der Waals surface area contributed by atoms with Crippen LogP contribution in [0.3, 0.4) is 0 Å². The van der Waals surface area contributed by atoms with Gasteiger partial charge in [-0.05, 0) is 49.2 Å². The van der Waals surface area contributed by atoms with Crippen molar-refractivity contribution in [3.63, 3.8) is 0 Å². The lowest BCUT2D eigenvalue weighted by atomic mass is 10.2. The molecule has 2 heterocycles. The zero-order chi connectivity index (χ0) is 21.2. The highest BCUT2D eigenvalue weighted by Gasteiger charge is 2.30. The number of hydrogen-bond donors (Lipinski definition) is 0. The molecule has 0 atom stereocenters. The lowest BCUT2D eigenvalue weighted by Gasteiger charge is -2.10. The Hall–Kier alpha value is -2.48. The van der Waals surface area contributed by atoms with Crippen molar-refractivity contribution in [2.24, 2.45) is 0 Å². The van der Waals surface area contributed by atoms with Crippen LogP contribution >= 0.6 is 35.0 Å². The fraction of sp³-hybridized carbons (Fsp3) is 0.227. The highest BCUT2D eigenvalue weighted by Crippen LogP contribution is 2.39. The van der Waals surface area contributed by atoms with Crippen LogP contribution in [0.4, 0.5) is 0 Å². The Kier molecular flexibility index (Phi) is 5.89. The molecule has 31 heavy (non-hydrogen) atoms. The smallest absolute Gasteiger partial charge is 0.226 e. The first kappa shape index (κ1) is 20.4. The molecule has 6 nitrogen and oxygen atoms in total. The Morgan fingerprint density at radius 1 is 1.06 bits per heavy atom. The van der Waals surface area contributed by atoms with E-state index >= 15 is 0 Å². The molecule has 1 aliphatic carbocycles. The van der Waals surface area contributed by atoms with Gasteiger partial charge in [-0.25, -0.2) is 4.98 Å². The molecule has 0 amide bonds. The summed E-state index contributed by atoms with van der Waals surface area (Å²) in [5.74, 6) is 2.64. The van der Waals surface area contributed by atoms with Crippen molar-refractivity contribution in [2.75, 3.05) is 0 Å². The lowest BCUT2D eigenvalue weighted by molar-refractivity contribution is 0.288. The Morgan fingerprint density at radius 3 is 2.65 bits per heavy atom. The van der Waals surface area contributed by atoms with E-state index in [1.54, 1.807) is 24.1 Å². The first-order valence-electron chi connectivity index (χ1n) is 9.81. The fourth-order valence-corrected chi connectivity index (χ4v) is 4.36. The van der Waals surface area contributed by atoms with Crippen molar-refractivity contribution >= 4 is 35.0 Å².